The molecule has 0 aliphatic heterocycles. The van der Waals surface area contributed by atoms with Gasteiger partial charge in [-0.2, -0.15) is 5.26 Å². The fraction of sp³-hybridized carbons (Fsp3) is 0.0667. The van der Waals surface area contributed by atoms with Crippen molar-refractivity contribution in [2.75, 3.05) is 0 Å². The topological polar surface area (TPSA) is 54.7 Å². The second-order valence-electron chi connectivity index (χ2n) is 4.25. The van der Waals surface area contributed by atoms with Gasteiger partial charge in [-0.15, -0.1) is 0 Å². The fourth-order valence-corrected chi connectivity index (χ4v) is 2.21. The number of thiocarbonyl (C=S) groups is 1. The summed E-state index contributed by atoms with van der Waals surface area (Å²) < 4.78 is 1.96. The molecule has 20 heavy (non-hydrogen) atoms. The predicted octanol–water partition coefficient (Wildman–Crippen LogP) is 3.54. The molecule has 0 atom stereocenters. The number of aromatic nitrogens is 1. The quantitative estimate of drug-likeness (QED) is 0.536. The zero-order valence-corrected chi connectivity index (χ0v) is 12.4. The average Bonchev–Trinajstić information content (AvgIpc) is 2.77. The summed E-state index contributed by atoms with van der Waals surface area (Å²) in [5.41, 5.74) is 8.65. The molecule has 0 spiro atoms. The van der Waals surface area contributed by atoms with Gasteiger partial charge >= 0.3 is 0 Å². The predicted molar refractivity (Wildman–Crippen MR) is 86.2 cm³/mol. The van der Waals surface area contributed by atoms with Gasteiger partial charge in [-0.3, -0.25) is 0 Å². The maximum Gasteiger partial charge on any atom is 0.114 e. The van der Waals surface area contributed by atoms with Crippen molar-refractivity contribution >= 4 is 34.9 Å². The van der Waals surface area contributed by atoms with Crippen LogP contribution in [0.25, 0.3) is 17.3 Å². The Morgan fingerprint density at radius 3 is 2.75 bits per heavy atom. The molecular formula is C15H12ClN3S. The summed E-state index contributed by atoms with van der Waals surface area (Å²) in [7, 11) is 1.91. The van der Waals surface area contributed by atoms with Crippen LogP contribution in [0.3, 0.4) is 0 Å². The van der Waals surface area contributed by atoms with Crippen LogP contribution in [0.15, 0.2) is 42.0 Å². The Hall–Kier alpha value is -2.09. The van der Waals surface area contributed by atoms with Crippen LogP contribution >= 0.6 is 23.8 Å². The Labute approximate surface area is 127 Å². The molecule has 0 unspecified atom stereocenters. The van der Waals surface area contributed by atoms with Crippen molar-refractivity contribution in [1.82, 2.24) is 4.57 Å². The van der Waals surface area contributed by atoms with Gasteiger partial charge in [0.15, 0.2) is 0 Å². The van der Waals surface area contributed by atoms with Crippen molar-refractivity contribution in [3.05, 3.63) is 52.7 Å². The molecular weight excluding hydrogens is 290 g/mol. The summed E-state index contributed by atoms with van der Waals surface area (Å²) in [6.07, 6.45) is 1.68. The summed E-state index contributed by atoms with van der Waals surface area (Å²) in [6, 6.07) is 13.5. The summed E-state index contributed by atoms with van der Waals surface area (Å²) in [5.74, 6) is 0. The molecule has 0 radical (unpaired) electrons. The second kappa shape index (κ2) is 5.91. The number of benzene rings is 1. The van der Waals surface area contributed by atoms with E-state index < -0.39 is 0 Å². The van der Waals surface area contributed by atoms with Crippen molar-refractivity contribution in [3.63, 3.8) is 0 Å². The zero-order valence-electron chi connectivity index (χ0n) is 10.8. The summed E-state index contributed by atoms with van der Waals surface area (Å²) in [6.45, 7) is 0. The first-order chi connectivity index (χ1) is 9.52. The van der Waals surface area contributed by atoms with Crippen LogP contribution in [-0.2, 0) is 7.05 Å². The molecule has 0 aliphatic rings. The molecule has 2 N–H and O–H groups in total. The van der Waals surface area contributed by atoms with E-state index >= 15 is 0 Å². The minimum Gasteiger partial charge on any atom is -0.389 e. The summed E-state index contributed by atoms with van der Waals surface area (Å²) in [4.78, 5) is 0.0954. The molecule has 0 aliphatic carbocycles. The van der Waals surface area contributed by atoms with Crippen LogP contribution in [0.2, 0.25) is 5.02 Å². The molecule has 0 amide bonds. The molecule has 1 aromatic carbocycles. The van der Waals surface area contributed by atoms with E-state index in [1.54, 1.807) is 6.08 Å². The number of nitriles is 1. The number of halogens is 1. The van der Waals surface area contributed by atoms with Gasteiger partial charge in [0.1, 0.15) is 11.1 Å². The maximum absolute atomic E-state index is 9.00. The first-order valence-electron chi connectivity index (χ1n) is 5.86. The zero-order chi connectivity index (χ0) is 14.7. The molecule has 0 saturated heterocycles. The Bertz CT molecular complexity index is 738. The average molecular weight is 302 g/mol. The van der Waals surface area contributed by atoms with E-state index in [0.29, 0.717) is 10.6 Å². The van der Waals surface area contributed by atoms with E-state index in [1.165, 1.54) is 0 Å². The van der Waals surface area contributed by atoms with Gasteiger partial charge in [-0.05, 0) is 35.9 Å². The van der Waals surface area contributed by atoms with E-state index in [2.05, 4.69) is 0 Å². The van der Waals surface area contributed by atoms with E-state index in [0.717, 1.165) is 17.0 Å². The number of nitrogens with zero attached hydrogens (tertiary/aromatic N) is 2. The van der Waals surface area contributed by atoms with Gasteiger partial charge in [-0.1, -0.05) is 36.0 Å². The third-order valence-corrected chi connectivity index (χ3v) is 3.41. The first-order valence-corrected chi connectivity index (χ1v) is 6.65. The van der Waals surface area contributed by atoms with Crippen LogP contribution in [0, 0.1) is 11.3 Å². The van der Waals surface area contributed by atoms with Gasteiger partial charge in [0.2, 0.25) is 0 Å². The van der Waals surface area contributed by atoms with Crippen LogP contribution in [0.5, 0.6) is 0 Å². The molecule has 1 heterocycles. The minimum absolute atomic E-state index is 0.0954. The number of hydrogen-bond donors (Lipinski definition) is 1. The largest absolute Gasteiger partial charge is 0.389 e. The Morgan fingerprint density at radius 2 is 2.15 bits per heavy atom. The highest BCUT2D eigenvalue weighted by Crippen LogP contribution is 2.25. The molecule has 1 aromatic heterocycles. The third kappa shape index (κ3) is 2.90. The Morgan fingerprint density at radius 1 is 1.40 bits per heavy atom. The van der Waals surface area contributed by atoms with Crippen LogP contribution in [-0.4, -0.2) is 9.56 Å². The summed E-state index contributed by atoms with van der Waals surface area (Å²) in [5, 5.41) is 9.68. The molecule has 2 aromatic rings. The Kier molecular flexibility index (Phi) is 4.23. The van der Waals surface area contributed by atoms with Crippen molar-refractivity contribution in [3.8, 4) is 17.3 Å². The van der Waals surface area contributed by atoms with Crippen LogP contribution in [0.1, 0.15) is 5.69 Å². The van der Waals surface area contributed by atoms with Crippen molar-refractivity contribution in [2.45, 2.75) is 0 Å². The van der Waals surface area contributed by atoms with E-state index in [-0.39, 0.29) is 4.99 Å². The maximum atomic E-state index is 9.00. The second-order valence-corrected chi connectivity index (χ2v) is 5.12. The summed E-state index contributed by atoms with van der Waals surface area (Å²) >= 11 is 10.8. The molecule has 5 heteroatoms. The molecule has 0 saturated carbocycles. The van der Waals surface area contributed by atoms with Gasteiger partial charge in [-0.25, -0.2) is 0 Å². The highest BCUT2D eigenvalue weighted by atomic mass is 35.5. The van der Waals surface area contributed by atoms with Gasteiger partial charge < -0.3 is 10.3 Å². The third-order valence-electron chi connectivity index (χ3n) is 2.96. The van der Waals surface area contributed by atoms with Gasteiger partial charge in [0.25, 0.3) is 0 Å². The molecule has 3 nitrogen and oxygen atoms in total. The number of hydrogen-bond acceptors (Lipinski definition) is 2. The van der Waals surface area contributed by atoms with Gasteiger partial charge in [0.05, 0.1) is 5.57 Å². The standard InChI is InChI=1S/C15H12ClN3S/c1-19-13(8-11(9-17)15(18)20)5-6-14(19)10-3-2-4-12(16)7-10/h2-8H,1H3,(H2,18,20)/b11-8+. The highest BCUT2D eigenvalue weighted by molar-refractivity contribution is 7.80. The lowest BCUT2D eigenvalue weighted by Crippen LogP contribution is -2.10. The van der Waals surface area contributed by atoms with E-state index in [9.17, 15) is 0 Å². The van der Waals surface area contributed by atoms with Crippen molar-refractivity contribution < 1.29 is 0 Å². The molecule has 100 valence electrons. The van der Waals surface area contributed by atoms with Crippen LogP contribution < -0.4 is 5.73 Å². The SMILES string of the molecule is Cn1c(/C=C(\C#N)C(N)=S)ccc1-c1cccc(Cl)c1. The fourth-order valence-electron chi connectivity index (χ4n) is 1.92. The smallest absolute Gasteiger partial charge is 0.114 e. The van der Waals surface area contributed by atoms with Crippen LogP contribution in [0.4, 0.5) is 0 Å². The molecule has 2 rings (SSSR count). The first kappa shape index (κ1) is 14.3. The van der Waals surface area contributed by atoms with Crippen molar-refractivity contribution in [2.24, 2.45) is 12.8 Å². The van der Waals surface area contributed by atoms with Gasteiger partial charge in [0, 0.05) is 23.5 Å². The Balaban J connectivity index is 2.47. The van der Waals surface area contributed by atoms with E-state index in [1.807, 2.05) is 54.1 Å². The number of nitrogens with two attached hydrogens (primary N) is 1. The normalized spacial score (nSPS) is 11.2. The lowest BCUT2D eigenvalue weighted by atomic mass is 10.1. The minimum atomic E-state index is 0.0954. The lowest BCUT2D eigenvalue weighted by molar-refractivity contribution is 0.924. The van der Waals surface area contributed by atoms with E-state index in [4.69, 9.17) is 34.8 Å². The van der Waals surface area contributed by atoms with Crippen molar-refractivity contribution in [1.29, 1.82) is 5.26 Å². The lowest BCUT2D eigenvalue weighted by Gasteiger charge is -2.06. The highest BCUT2D eigenvalue weighted by Gasteiger charge is 2.07. The monoisotopic (exact) mass is 301 g/mol. The molecule has 0 fully saturated rings. The number of rotatable bonds is 3. The molecule has 0 bridgehead atoms.